The van der Waals surface area contributed by atoms with Gasteiger partial charge >= 0.3 is 0 Å². The molecule has 1 N–H and O–H groups in total. The van der Waals surface area contributed by atoms with Crippen molar-refractivity contribution in [3.05, 3.63) is 0 Å². The van der Waals surface area contributed by atoms with E-state index in [1.54, 1.807) is 0 Å². The van der Waals surface area contributed by atoms with Gasteiger partial charge in [-0.2, -0.15) is 0 Å². The minimum atomic E-state index is -0.247. The van der Waals surface area contributed by atoms with Gasteiger partial charge in [-0.25, -0.2) is 0 Å². The number of aliphatic hydroxyl groups is 1. The summed E-state index contributed by atoms with van der Waals surface area (Å²) in [5.74, 6) is 1.42. The van der Waals surface area contributed by atoms with Gasteiger partial charge in [0.25, 0.3) is 0 Å². The van der Waals surface area contributed by atoms with Gasteiger partial charge in [0.2, 0.25) is 0 Å². The minimum absolute atomic E-state index is 0.247. The van der Waals surface area contributed by atoms with Crippen LogP contribution >= 0.6 is 0 Å². The molecule has 2 aliphatic carbocycles. The number of hydrogen-bond acceptors (Lipinski definition) is 1. The van der Waals surface area contributed by atoms with E-state index < -0.39 is 0 Å². The lowest BCUT2D eigenvalue weighted by Crippen LogP contribution is -2.32. The summed E-state index contributed by atoms with van der Waals surface area (Å²) in [6, 6.07) is 0. The summed E-state index contributed by atoms with van der Waals surface area (Å²) in [6.07, 6.45) is 6.05. The third kappa shape index (κ3) is 0.800. The van der Waals surface area contributed by atoms with E-state index in [0.717, 1.165) is 18.8 Å². The largest absolute Gasteiger partial charge is 0.390 e. The lowest BCUT2D eigenvalue weighted by molar-refractivity contribution is -0.0122. The Hall–Kier alpha value is -0.0400. The second-order valence-corrected chi connectivity index (χ2v) is 4.20. The highest BCUT2D eigenvalue weighted by Crippen LogP contribution is 2.48. The summed E-state index contributed by atoms with van der Waals surface area (Å²) in [6.45, 7) is 2.20. The number of hydrogen-bond donors (Lipinski definition) is 1. The first-order valence-corrected chi connectivity index (χ1v) is 4.43. The SMILES string of the molecule is C[C@H]1C[C@H]2CCC[C@]1(O)C2. The topological polar surface area (TPSA) is 20.2 Å². The zero-order chi connectivity index (χ0) is 7.19. The average molecular weight is 140 g/mol. The maximum atomic E-state index is 9.99. The summed E-state index contributed by atoms with van der Waals surface area (Å²) in [5, 5.41) is 9.99. The maximum Gasteiger partial charge on any atom is 0.0675 e. The maximum absolute atomic E-state index is 9.99. The van der Waals surface area contributed by atoms with Crippen molar-refractivity contribution in [1.29, 1.82) is 0 Å². The number of fused-ring (bicyclic) bond motifs is 2. The Kier molecular flexibility index (Phi) is 1.31. The lowest BCUT2D eigenvalue weighted by atomic mass is 9.83. The molecule has 1 nitrogen and oxygen atoms in total. The fraction of sp³-hybridized carbons (Fsp3) is 1.00. The van der Waals surface area contributed by atoms with Crippen LogP contribution in [0, 0.1) is 11.8 Å². The second-order valence-electron chi connectivity index (χ2n) is 4.20. The van der Waals surface area contributed by atoms with Gasteiger partial charge < -0.3 is 5.11 Å². The predicted molar refractivity (Wildman–Crippen MR) is 40.7 cm³/mol. The summed E-state index contributed by atoms with van der Waals surface area (Å²) in [5.41, 5.74) is -0.247. The van der Waals surface area contributed by atoms with Gasteiger partial charge in [-0.05, 0) is 31.1 Å². The molecule has 0 unspecified atom stereocenters. The van der Waals surface area contributed by atoms with Crippen molar-refractivity contribution >= 4 is 0 Å². The van der Waals surface area contributed by atoms with Gasteiger partial charge in [-0.3, -0.25) is 0 Å². The molecule has 0 aliphatic heterocycles. The van der Waals surface area contributed by atoms with E-state index in [4.69, 9.17) is 0 Å². The molecule has 2 bridgehead atoms. The van der Waals surface area contributed by atoms with Crippen molar-refractivity contribution in [2.75, 3.05) is 0 Å². The molecular weight excluding hydrogens is 124 g/mol. The molecule has 0 heterocycles. The second kappa shape index (κ2) is 1.97. The zero-order valence-electron chi connectivity index (χ0n) is 6.64. The average Bonchev–Trinajstić information content (AvgIpc) is 2.04. The van der Waals surface area contributed by atoms with E-state index in [-0.39, 0.29) is 5.60 Å². The molecule has 10 heavy (non-hydrogen) atoms. The highest BCUT2D eigenvalue weighted by atomic mass is 16.3. The van der Waals surface area contributed by atoms with Gasteiger partial charge in [0.1, 0.15) is 0 Å². The molecule has 0 spiro atoms. The molecular formula is C9H16O. The lowest BCUT2D eigenvalue weighted by Gasteiger charge is -2.30. The van der Waals surface area contributed by atoms with Gasteiger partial charge in [-0.1, -0.05) is 19.8 Å². The Balaban J connectivity index is 2.18. The minimum Gasteiger partial charge on any atom is -0.390 e. The van der Waals surface area contributed by atoms with Crippen molar-refractivity contribution in [3.8, 4) is 0 Å². The molecule has 0 aromatic carbocycles. The molecule has 2 saturated carbocycles. The van der Waals surface area contributed by atoms with Crippen LogP contribution in [0.25, 0.3) is 0 Å². The first-order valence-electron chi connectivity index (χ1n) is 4.43. The molecule has 2 rings (SSSR count). The van der Waals surface area contributed by atoms with Crippen molar-refractivity contribution in [1.82, 2.24) is 0 Å². The standard InChI is InChI=1S/C9H16O/c1-7-5-8-3-2-4-9(7,10)6-8/h7-8,10H,2-6H2,1H3/t7-,8+,9-/m0/s1. The van der Waals surface area contributed by atoms with Gasteiger partial charge in [0, 0.05) is 0 Å². The van der Waals surface area contributed by atoms with Gasteiger partial charge in [0.05, 0.1) is 5.60 Å². The molecule has 0 aromatic rings. The van der Waals surface area contributed by atoms with Crippen LogP contribution in [0.5, 0.6) is 0 Å². The van der Waals surface area contributed by atoms with Crippen LogP contribution < -0.4 is 0 Å². The van der Waals surface area contributed by atoms with Crippen molar-refractivity contribution in [2.24, 2.45) is 11.8 Å². The Morgan fingerprint density at radius 2 is 2.30 bits per heavy atom. The highest BCUT2D eigenvalue weighted by Gasteiger charge is 2.45. The highest BCUT2D eigenvalue weighted by molar-refractivity contribution is 4.97. The van der Waals surface area contributed by atoms with Crippen LogP contribution in [0.3, 0.4) is 0 Å². The predicted octanol–water partition coefficient (Wildman–Crippen LogP) is 1.95. The monoisotopic (exact) mass is 140 g/mol. The van der Waals surface area contributed by atoms with Gasteiger partial charge in [-0.15, -0.1) is 0 Å². The molecule has 0 aromatic heterocycles. The summed E-state index contributed by atoms with van der Waals surface area (Å²) < 4.78 is 0. The molecule has 58 valence electrons. The third-order valence-corrected chi connectivity index (χ3v) is 3.47. The molecule has 3 atom stereocenters. The van der Waals surface area contributed by atoms with Crippen LogP contribution in [-0.2, 0) is 0 Å². The first kappa shape index (κ1) is 6.66. The smallest absolute Gasteiger partial charge is 0.0675 e. The molecule has 1 heteroatoms. The first-order chi connectivity index (χ1) is 4.71. The van der Waals surface area contributed by atoms with E-state index in [9.17, 15) is 5.11 Å². The van der Waals surface area contributed by atoms with Gasteiger partial charge in [0.15, 0.2) is 0 Å². The van der Waals surface area contributed by atoms with Crippen molar-refractivity contribution in [3.63, 3.8) is 0 Å². The van der Waals surface area contributed by atoms with E-state index >= 15 is 0 Å². The Bertz CT molecular complexity index is 144. The Morgan fingerprint density at radius 3 is 2.90 bits per heavy atom. The van der Waals surface area contributed by atoms with E-state index in [0.29, 0.717) is 5.92 Å². The summed E-state index contributed by atoms with van der Waals surface area (Å²) >= 11 is 0. The van der Waals surface area contributed by atoms with Crippen molar-refractivity contribution < 1.29 is 5.11 Å². The quantitative estimate of drug-likeness (QED) is 0.545. The van der Waals surface area contributed by atoms with Crippen molar-refractivity contribution in [2.45, 2.75) is 44.6 Å². The van der Waals surface area contributed by atoms with Crippen LogP contribution in [0.2, 0.25) is 0 Å². The molecule has 0 amide bonds. The molecule has 2 fully saturated rings. The van der Waals surface area contributed by atoms with E-state index in [1.165, 1.54) is 19.3 Å². The van der Waals surface area contributed by atoms with Crippen LogP contribution in [0.15, 0.2) is 0 Å². The third-order valence-electron chi connectivity index (χ3n) is 3.47. The fourth-order valence-corrected chi connectivity index (χ4v) is 2.77. The Morgan fingerprint density at radius 1 is 1.50 bits per heavy atom. The van der Waals surface area contributed by atoms with Crippen LogP contribution in [0.1, 0.15) is 39.0 Å². The molecule has 0 radical (unpaired) electrons. The van der Waals surface area contributed by atoms with Crippen LogP contribution in [0.4, 0.5) is 0 Å². The normalized spacial score (nSPS) is 53.4. The fourth-order valence-electron chi connectivity index (χ4n) is 2.77. The molecule has 0 saturated heterocycles. The Labute approximate surface area is 62.4 Å². The van der Waals surface area contributed by atoms with E-state index in [1.807, 2.05) is 0 Å². The van der Waals surface area contributed by atoms with Crippen LogP contribution in [-0.4, -0.2) is 10.7 Å². The molecule has 2 aliphatic rings. The summed E-state index contributed by atoms with van der Waals surface area (Å²) in [7, 11) is 0. The zero-order valence-corrected chi connectivity index (χ0v) is 6.64. The summed E-state index contributed by atoms with van der Waals surface area (Å²) in [4.78, 5) is 0. The van der Waals surface area contributed by atoms with E-state index in [2.05, 4.69) is 6.92 Å². The number of rotatable bonds is 0.